The predicted octanol–water partition coefficient (Wildman–Crippen LogP) is 5.09. The number of rotatable bonds is 5. The van der Waals surface area contributed by atoms with Gasteiger partial charge < -0.3 is 10.1 Å². The van der Waals surface area contributed by atoms with Crippen LogP contribution in [-0.4, -0.2) is 12.5 Å². The van der Waals surface area contributed by atoms with Gasteiger partial charge in [0.2, 0.25) is 0 Å². The van der Waals surface area contributed by atoms with Gasteiger partial charge in [-0.2, -0.15) is 0 Å². The number of carbonyl (C=O) groups is 1. The van der Waals surface area contributed by atoms with Gasteiger partial charge in [0, 0.05) is 13.7 Å². The molecular weight excluding hydrogens is 445 g/mol. The molecule has 2 aromatic carbocycles. The third-order valence-corrected chi connectivity index (χ3v) is 4.19. The van der Waals surface area contributed by atoms with Crippen molar-refractivity contribution in [3.05, 3.63) is 56.1 Å². The number of hydrogen-bond donors (Lipinski definition) is 1. The number of halogens is 2. The molecule has 2 rings (SSSR count). The Balaban J connectivity index is 2.07. The summed E-state index contributed by atoms with van der Waals surface area (Å²) in [7, 11) is 0. The summed E-state index contributed by atoms with van der Waals surface area (Å²) in [5.74, 6) is 0.690. The maximum atomic E-state index is 12.3. The molecular formula is C16H15BrINO2. The highest BCUT2D eigenvalue weighted by atomic mass is 127. The summed E-state index contributed by atoms with van der Waals surface area (Å²) in [6.45, 7) is 2.76. The van der Waals surface area contributed by atoms with Crippen LogP contribution < -0.4 is 10.1 Å². The minimum Gasteiger partial charge on any atom is -0.494 e. The normalized spacial score (nSPS) is 10.2. The van der Waals surface area contributed by atoms with Crippen molar-refractivity contribution in [2.45, 2.75) is 13.3 Å². The van der Waals surface area contributed by atoms with Gasteiger partial charge in [-0.1, -0.05) is 22.9 Å². The van der Waals surface area contributed by atoms with E-state index in [2.05, 4.69) is 50.8 Å². The van der Waals surface area contributed by atoms with E-state index in [1.807, 2.05) is 42.5 Å². The van der Waals surface area contributed by atoms with Crippen LogP contribution in [0.1, 0.15) is 23.7 Å². The average molecular weight is 460 g/mol. The maximum Gasteiger partial charge on any atom is 0.256 e. The first-order valence-corrected chi connectivity index (χ1v) is 8.46. The Morgan fingerprint density at radius 3 is 2.62 bits per heavy atom. The molecule has 1 amide bonds. The summed E-state index contributed by atoms with van der Waals surface area (Å²) in [5, 5.41) is 2.89. The largest absolute Gasteiger partial charge is 0.494 e. The number of carbonyl (C=O) groups excluding carboxylic acids is 1. The zero-order chi connectivity index (χ0) is 15.2. The second-order valence-electron chi connectivity index (χ2n) is 4.45. The van der Waals surface area contributed by atoms with E-state index in [1.54, 1.807) is 0 Å². The molecule has 0 bridgehead atoms. The molecule has 3 nitrogen and oxygen atoms in total. The number of benzene rings is 2. The molecule has 2 aromatic rings. The van der Waals surface area contributed by atoms with Crippen LogP contribution >= 0.6 is 38.5 Å². The maximum absolute atomic E-state index is 12.3. The Bertz CT molecular complexity index is 629. The molecule has 0 aromatic heterocycles. The van der Waals surface area contributed by atoms with Crippen LogP contribution in [0.25, 0.3) is 0 Å². The van der Waals surface area contributed by atoms with Crippen molar-refractivity contribution >= 4 is 50.1 Å². The van der Waals surface area contributed by atoms with E-state index in [0.29, 0.717) is 12.2 Å². The molecule has 0 radical (unpaired) electrons. The van der Waals surface area contributed by atoms with Gasteiger partial charge in [-0.05, 0) is 71.5 Å². The van der Waals surface area contributed by atoms with Crippen molar-refractivity contribution in [1.29, 1.82) is 0 Å². The highest BCUT2D eigenvalue weighted by Crippen LogP contribution is 2.21. The number of nitrogens with one attached hydrogen (secondary N) is 1. The highest BCUT2D eigenvalue weighted by Gasteiger charge is 2.10. The highest BCUT2D eigenvalue weighted by molar-refractivity contribution is 14.1. The Hall–Kier alpha value is -1.08. The number of ether oxygens (including phenoxy) is 1. The third-order valence-electron chi connectivity index (χ3n) is 2.76. The number of anilines is 1. The molecule has 0 fully saturated rings. The fraction of sp³-hybridized carbons (Fsp3) is 0.188. The van der Waals surface area contributed by atoms with Gasteiger partial charge >= 0.3 is 0 Å². The topological polar surface area (TPSA) is 38.3 Å². The molecule has 0 saturated carbocycles. The van der Waals surface area contributed by atoms with Crippen molar-refractivity contribution in [1.82, 2.24) is 0 Å². The number of amides is 1. The van der Waals surface area contributed by atoms with Gasteiger partial charge in [-0.15, -0.1) is 0 Å². The van der Waals surface area contributed by atoms with E-state index in [0.717, 1.165) is 25.9 Å². The van der Waals surface area contributed by atoms with E-state index >= 15 is 0 Å². The standard InChI is InChI=1S/C16H15BrINO2/c1-2-9-21-13-6-4-12(5-7-13)19-16(20)14-10-11(17)3-8-15(14)18/h3-8,10H,2,9H2,1H3,(H,19,20). The summed E-state index contributed by atoms with van der Waals surface area (Å²) in [5.41, 5.74) is 1.40. The van der Waals surface area contributed by atoms with E-state index in [4.69, 9.17) is 4.74 Å². The minimum atomic E-state index is -0.122. The Morgan fingerprint density at radius 2 is 1.95 bits per heavy atom. The Labute approximate surface area is 146 Å². The molecule has 0 aliphatic rings. The summed E-state index contributed by atoms with van der Waals surface area (Å²) < 4.78 is 7.31. The van der Waals surface area contributed by atoms with Crippen molar-refractivity contribution < 1.29 is 9.53 Å². The molecule has 0 unspecified atom stereocenters. The lowest BCUT2D eigenvalue weighted by Gasteiger charge is -2.09. The first-order chi connectivity index (χ1) is 10.1. The molecule has 0 aliphatic carbocycles. The van der Waals surface area contributed by atoms with E-state index in [1.165, 1.54) is 0 Å². The molecule has 0 spiro atoms. The van der Waals surface area contributed by atoms with Crippen LogP contribution in [0, 0.1) is 3.57 Å². The molecule has 0 heterocycles. The van der Waals surface area contributed by atoms with Crippen LogP contribution in [0.4, 0.5) is 5.69 Å². The second-order valence-corrected chi connectivity index (χ2v) is 6.53. The van der Waals surface area contributed by atoms with Gasteiger partial charge in [-0.25, -0.2) is 0 Å². The fourth-order valence-electron chi connectivity index (χ4n) is 1.72. The van der Waals surface area contributed by atoms with Crippen LogP contribution in [0.5, 0.6) is 5.75 Å². The Morgan fingerprint density at radius 1 is 1.24 bits per heavy atom. The lowest BCUT2D eigenvalue weighted by atomic mass is 10.2. The van der Waals surface area contributed by atoms with Crippen LogP contribution in [0.15, 0.2) is 46.9 Å². The van der Waals surface area contributed by atoms with Gasteiger partial charge in [-0.3, -0.25) is 4.79 Å². The molecule has 110 valence electrons. The Kier molecular flexibility index (Phi) is 6.05. The minimum absolute atomic E-state index is 0.122. The van der Waals surface area contributed by atoms with Gasteiger partial charge in [0.25, 0.3) is 5.91 Å². The smallest absolute Gasteiger partial charge is 0.256 e. The van der Waals surface area contributed by atoms with E-state index in [9.17, 15) is 4.79 Å². The summed E-state index contributed by atoms with van der Waals surface area (Å²) in [6.07, 6.45) is 0.972. The molecule has 0 saturated heterocycles. The second kappa shape index (κ2) is 7.79. The summed E-state index contributed by atoms with van der Waals surface area (Å²) in [6, 6.07) is 13.0. The van der Waals surface area contributed by atoms with Crippen molar-refractivity contribution in [2.75, 3.05) is 11.9 Å². The average Bonchev–Trinajstić information content (AvgIpc) is 2.49. The molecule has 1 N–H and O–H groups in total. The number of hydrogen-bond acceptors (Lipinski definition) is 2. The van der Waals surface area contributed by atoms with Crippen LogP contribution in [0.2, 0.25) is 0 Å². The first-order valence-electron chi connectivity index (χ1n) is 6.59. The summed E-state index contributed by atoms with van der Waals surface area (Å²) >= 11 is 5.54. The lowest BCUT2D eigenvalue weighted by molar-refractivity contribution is 0.102. The van der Waals surface area contributed by atoms with Crippen LogP contribution in [-0.2, 0) is 0 Å². The monoisotopic (exact) mass is 459 g/mol. The van der Waals surface area contributed by atoms with E-state index in [-0.39, 0.29) is 5.91 Å². The third kappa shape index (κ3) is 4.71. The fourth-order valence-corrected chi connectivity index (χ4v) is 2.67. The zero-order valence-electron chi connectivity index (χ0n) is 11.5. The SMILES string of the molecule is CCCOc1ccc(NC(=O)c2cc(Br)ccc2I)cc1. The molecule has 0 atom stereocenters. The van der Waals surface area contributed by atoms with Crippen LogP contribution in [0.3, 0.4) is 0 Å². The zero-order valence-corrected chi connectivity index (χ0v) is 15.3. The quantitative estimate of drug-likeness (QED) is 0.632. The summed E-state index contributed by atoms with van der Waals surface area (Å²) in [4.78, 5) is 12.3. The van der Waals surface area contributed by atoms with Gasteiger partial charge in [0.1, 0.15) is 5.75 Å². The van der Waals surface area contributed by atoms with E-state index < -0.39 is 0 Å². The predicted molar refractivity (Wildman–Crippen MR) is 97.0 cm³/mol. The van der Waals surface area contributed by atoms with Crippen molar-refractivity contribution in [3.63, 3.8) is 0 Å². The molecule has 21 heavy (non-hydrogen) atoms. The van der Waals surface area contributed by atoms with Crippen molar-refractivity contribution in [2.24, 2.45) is 0 Å². The van der Waals surface area contributed by atoms with Gasteiger partial charge in [0.15, 0.2) is 0 Å². The van der Waals surface area contributed by atoms with Crippen molar-refractivity contribution in [3.8, 4) is 5.75 Å². The first kappa shape index (κ1) is 16.3. The molecule has 5 heteroatoms. The van der Waals surface area contributed by atoms with Gasteiger partial charge in [0.05, 0.1) is 12.2 Å². The molecule has 0 aliphatic heterocycles. The lowest BCUT2D eigenvalue weighted by Crippen LogP contribution is -2.13.